The van der Waals surface area contributed by atoms with Crippen molar-refractivity contribution in [1.82, 2.24) is 9.78 Å². The summed E-state index contributed by atoms with van der Waals surface area (Å²) in [4.78, 5) is 1.22. The van der Waals surface area contributed by atoms with Crippen molar-refractivity contribution in [2.45, 2.75) is 26.6 Å². The van der Waals surface area contributed by atoms with E-state index in [4.69, 9.17) is 40.2 Å². The van der Waals surface area contributed by atoms with E-state index in [-0.39, 0.29) is 0 Å². The zero-order valence-corrected chi connectivity index (χ0v) is 17.5. The average molecular weight is 422 g/mol. The second-order valence-corrected chi connectivity index (χ2v) is 8.06. The van der Waals surface area contributed by atoms with E-state index >= 15 is 0 Å². The second-order valence-electron chi connectivity index (χ2n) is 5.65. The molecule has 25 heavy (non-hydrogen) atoms. The number of ether oxygens (including phenoxy) is 1. The van der Waals surface area contributed by atoms with Gasteiger partial charge < -0.3 is 15.0 Å². The summed E-state index contributed by atoms with van der Waals surface area (Å²) in [5.41, 5.74) is 1.02. The molecule has 1 heterocycles. The Morgan fingerprint density at radius 2 is 2.20 bits per heavy atom. The Labute approximate surface area is 167 Å². The fraction of sp³-hybridized carbons (Fsp3) is 0.500. The van der Waals surface area contributed by atoms with Gasteiger partial charge in [-0.15, -0.1) is 5.10 Å². The van der Waals surface area contributed by atoms with Crippen molar-refractivity contribution in [3.8, 4) is 0 Å². The second kappa shape index (κ2) is 10.4. The summed E-state index contributed by atoms with van der Waals surface area (Å²) in [5.74, 6) is 0. The molecule has 1 unspecified atom stereocenters. The van der Waals surface area contributed by atoms with Gasteiger partial charge >= 0.3 is 0 Å². The van der Waals surface area contributed by atoms with Crippen molar-refractivity contribution in [2.24, 2.45) is 0 Å². The largest absolute Gasteiger partial charge is 0.382 e. The van der Waals surface area contributed by atoms with Crippen molar-refractivity contribution < 1.29 is 9.64 Å². The van der Waals surface area contributed by atoms with Gasteiger partial charge in [0, 0.05) is 25.3 Å². The fourth-order valence-electron chi connectivity index (χ4n) is 2.31. The van der Waals surface area contributed by atoms with Gasteiger partial charge in [0.05, 0.1) is 17.1 Å². The van der Waals surface area contributed by atoms with Gasteiger partial charge in [0.15, 0.2) is 10.6 Å². The number of hydrogen-bond acceptors (Lipinski definition) is 5. The highest BCUT2D eigenvalue weighted by Crippen LogP contribution is 2.24. The average Bonchev–Trinajstić information content (AvgIpc) is 2.91. The topological polar surface area (TPSA) is 43.5 Å². The van der Waals surface area contributed by atoms with Crippen molar-refractivity contribution in [3.63, 3.8) is 0 Å². The Morgan fingerprint density at radius 1 is 1.40 bits per heavy atom. The minimum absolute atomic E-state index is 0.579. The number of hydrogen-bond donors (Lipinski definition) is 2. The van der Waals surface area contributed by atoms with E-state index in [1.807, 2.05) is 23.7 Å². The van der Waals surface area contributed by atoms with Gasteiger partial charge in [-0.05, 0) is 31.6 Å². The van der Waals surface area contributed by atoms with Crippen LogP contribution in [-0.4, -0.2) is 36.6 Å². The molecule has 2 N–H and O–H groups in total. The molecular formula is C16H23Cl2N4OS2+. The zero-order chi connectivity index (χ0) is 18.2. The molecule has 138 valence electrons. The summed E-state index contributed by atoms with van der Waals surface area (Å²) in [5, 5.41) is 9.88. The predicted molar refractivity (Wildman–Crippen MR) is 108 cm³/mol. The van der Waals surface area contributed by atoms with Crippen LogP contribution in [0, 0.1) is 3.95 Å². The molecule has 1 aromatic carbocycles. The normalized spacial score (nSPS) is 12.3. The Bertz CT molecular complexity index is 735. The molecule has 0 bridgehead atoms. The molecule has 2 aromatic rings. The summed E-state index contributed by atoms with van der Waals surface area (Å²) in [6.45, 7) is 5.73. The maximum atomic E-state index is 6.26. The first-order chi connectivity index (χ1) is 12.0. The van der Waals surface area contributed by atoms with Crippen LogP contribution >= 0.6 is 46.8 Å². The van der Waals surface area contributed by atoms with Gasteiger partial charge in [-0.25, -0.2) is 0 Å². The van der Waals surface area contributed by atoms with Crippen LogP contribution in [0.4, 0.5) is 5.13 Å². The van der Waals surface area contributed by atoms with Crippen LogP contribution in [0.1, 0.15) is 18.9 Å². The van der Waals surface area contributed by atoms with E-state index < -0.39 is 0 Å². The SMILES string of the molecule is CCOCCCNc1nn(C[NH+](C)Cc2cccc(Cl)c2Cl)c(=S)s1. The van der Waals surface area contributed by atoms with E-state index in [0.29, 0.717) is 16.7 Å². The minimum atomic E-state index is 0.579. The molecule has 0 aliphatic rings. The lowest BCUT2D eigenvalue weighted by Crippen LogP contribution is -3.07. The third kappa shape index (κ3) is 6.51. The lowest BCUT2D eigenvalue weighted by Gasteiger charge is -2.15. The number of halogens is 2. The fourth-order valence-corrected chi connectivity index (χ4v) is 3.73. The van der Waals surface area contributed by atoms with Gasteiger partial charge in [-0.3, -0.25) is 0 Å². The van der Waals surface area contributed by atoms with E-state index in [2.05, 4.69) is 17.5 Å². The van der Waals surface area contributed by atoms with Crippen molar-refractivity contribution in [1.29, 1.82) is 0 Å². The minimum Gasteiger partial charge on any atom is -0.382 e. The smallest absolute Gasteiger partial charge is 0.204 e. The van der Waals surface area contributed by atoms with Crippen LogP contribution in [0.25, 0.3) is 0 Å². The van der Waals surface area contributed by atoms with Crippen LogP contribution in [0.15, 0.2) is 18.2 Å². The molecule has 0 aliphatic carbocycles. The van der Waals surface area contributed by atoms with Crippen LogP contribution in [0.3, 0.4) is 0 Å². The van der Waals surface area contributed by atoms with Gasteiger partial charge in [0.1, 0.15) is 6.54 Å². The molecule has 1 atom stereocenters. The maximum absolute atomic E-state index is 6.26. The number of benzene rings is 1. The predicted octanol–water partition coefficient (Wildman–Crippen LogP) is 3.49. The monoisotopic (exact) mass is 421 g/mol. The summed E-state index contributed by atoms with van der Waals surface area (Å²) in [7, 11) is 2.08. The Morgan fingerprint density at radius 3 is 2.96 bits per heavy atom. The third-order valence-corrected chi connectivity index (χ3v) is 5.62. The van der Waals surface area contributed by atoms with E-state index in [1.165, 1.54) is 16.2 Å². The highest BCUT2D eigenvalue weighted by molar-refractivity contribution is 7.73. The van der Waals surface area contributed by atoms with Crippen molar-refractivity contribution in [2.75, 3.05) is 32.1 Å². The molecule has 0 spiro atoms. The molecule has 0 saturated heterocycles. The van der Waals surface area contributed by atoms with Crippen molar-refractivity contribution in [3.05, 3.63) is 37.8 Å². The van der Waals surface area contributed by atoms with E-state index in [0.717, 1.165) is 47.4 Å². The number of anilines is 1. The van der Waals surface area contributed by atoms with Crippen LogP contribution in [-0.2, 0) is 18.0 Å². The number of rotatable bonds is 10. The molecule has 2 rings (SSSR count). The number of aromatic nitrogens is 2. The van der Waals surface area contributed by atoms with Crippen LogP contribution in [0.5, 0.6) is 0 Å². The Balaban J connectivity index is 1.89. The molecule has 0 amide bonds. The first-order valence-corrected chi connectivity index (χ1v) is 10.1. The van der Waals surface area contributed by atoms with E-state index in [9.17, 15) is 0 Å². The third-order valence-electron chi connectivity index (χ3n) is 3.50. The van der Waals surface area contributed by atoms with Gasteiger partial charge in [-0.1, -0.05) is 46.7 Å². The van der Waals surface area contributed by atoms with Crippen LogP contribution < -0.4 is 10.2 Å². The van der Waals surface area contributed by atoms with Gasteiger partial charge in [0.25, 0.3) is 0 Å². The molecule has 0 radical (unpaired) electrons. The molecule has 5 nitrogen and oxygen atoms in total. The lowest BCUT2D eigenvalue weighted by atomic mass is 10.2. The Kier molecular flexibility index (Phi) is 8.61. The standard InChI is InChI=1S/C16H22Cl2N4OS2/c1-3-23-9-5-8-19-15-20-22(16(24)25-15)11-21(2)10-12-6-4-7-13(17)14(12)18/h4,6-7H,3,5,8-11H2,1-2H3,(H,19,20)/p+1. The molecule has 9 heteroatoms. The van der Waals surface area contributed by atoms with Crippen LogP contribution in [0.2, 0.25) is 10.0 Å². The van der Waals surface area contributed by atoms with Gasteiger partial charge in [-0.2, -0.15) is 4.68 Å². The first-order valence-electron chi connectivity index (χ1n) is 8.15. The number of nitrogens with zero attached hydrogens (tertiary/aromatic N) is 2. The highest BCUT2D eigenvalue weighted by atomic mass is 35.5. The first kappa shape index (κ1) is 20.6. The molecule has 0 aliphatic heterocycles. The summed E-state index contributed by atoms with van der Waals surface area (Å²) < 4.78 is 7.92. The summed E-state index contributed by atoms with van der Waals surface area (Å²) >= 11 is 19.2. The van der Waals surface area contributed by atoms with Crippen molar-refractivity contribution >= 4 is 51.9 Å². The van der Waals surface area contributed by atoms with E-state index in [1.54, 1.807) is 6.07 Å². The summed E-state index contributed by atoms with van der Waals surface area (Å²) in [6, 6.07) is 5.70. The quantitative estimate of drug-likeness (QED) is 0.455. The molecule has 0 fully saturated rings. The zero-order valence-electron chi connectivity index (χ0n) is 14.3. The molecule has 1 aromatic heterocycles. The summed E-state index contributed by atoms with van der Waals surface area (Å²) in [6.07, 6.45) is 0.943. The lowest BCUT2D eigenvalue weighted by molar-refractivity contribution is -0.917. The number of nitrogens with one attached hydrogen (secondary N) is 2. The van der Waals surface area contributed by atoms with Gasteiger partial charge in [0.2, 0.25) is 5.13 Å². The number of quaternary nitrogens is 1. The maximum Gasteiger partial charge on any atom is 0.204 e. The molecular weight excluding hydrogens is 399 g/mol. The molecule has 0 saturated carbocycles. The Hall–Kier alpha value is -0.700. The highest BCUT2D eigenvalue weighted by Gasteiger charge is 2.12.